The van der Waals surface area contributed by atoms with Crippen LogP contribution in [0.4, 0.5) is 0 Å². The first-order chi connectivity index (χ1) is 13.1. The van der Waals surface area contributed by atoms with Crippen LogP contribution in [0.3, 0.4) is 0 Å². The maximum absolute atomic E-state index is 12.9. The summed E-state index contributed by atoms with van der Waals surface area (Å²) in [6, 6.07) is 16.7. The number of nitrogens with zero attached hydrogens (tertiary/aromatic N) is 4. The third kappa shape index (κ3) is 2.79. The quantitative estimate of drug-likeness (QED) is 0.532. The normalized spacial score (nSPS) is 10.5. The van der Waals surface area contributed by atoms with E-state index in [-0.39, 0.29) is 5.56 Å². The molecule has 0 saturated heterocycles. The molecule has 4 rings (SSSR count). The van der Waals surface area contributed by atoms with Crippen molar-refractivity contribution in [2.45, 2.75) is 6.92 Å². The van der Waals surface area contributed by atoms with E-state index in [1.54, 1.807) is 29.8 Å². The Kier molecular flexibility index (Phi) is 4.04. The molecular formula is C21H12N4OS. The van der Waals surface area contributed by atoms with Crippen LogP contribution in [-0.2, 0) is 0 Å². The number of fused-ring (bicyclic) bond motifs is 1. The summed E-state index contributed by atoms with van der Waals surface area (Å²) in [5, 5.41) is 21.4. The minimum atomic E-state index is -0.409. The van der Waals surface area contributed by atoms with Crippen LogP contribution in [0.5, 0.6) is 0 Å². The molecule has 2 heterocycles. The summed E-state index contributed by atoms with van der Waals surface area (Å²) in [7, 11) is 0. The second-order valence-corrected chi connectivity index (χ2v) is 6.79. The van der Waals surface area contributed by atoms with Crippen LogP contribution in [0.25, 0.3) is 27.8 Å². The second-order valence-electron chi connectivity index (χ2n) is 6.07. The third-order valence-corrected chi connectivity index (χ3v) is 5.04. The van der Waals surface area contributed by atoms with E-state index in [2.05, 4.69) is 11.1 Å². The number of pyridine rings is 1. The van der Waals surface area contributed by atoms with E-state index >= 15 is 0 Å². The highest BCUT2D eigenvalue weighted by atomic mass is 32.1. The van der Waals surface area contributed by atoms with Gasteiger partial charge in [0.1, 0.15) is 11.6 Å². The Labute approximate surface area is 159 Å². The summed E-state index contributed by atoms with van der Waals surface area (Å²) in [5.41, 5.74) is 5.66. The van der Waals surface area contributed by atoms with Crippen LogP contribution in [0.2, 0.25) is 0 Å². The Balaban J connectivity index is 2.09. The smallest absolute Gasteiger partial charge is 0.273 e. The maximum Gasteiger partial charge on any atom is 0.273 e. The zero-order valence-corrected chi connectivity index (χ0v) is 15.1. The molecule has 0 fully saturated rings. The minimum absolute atomic E-state index is 0.0583. The molecule has 2 aromatic carbocycles. The summed E-state index contributed by atoms with van der Waals surface area (Å²) < 4.78 is 1.49. The van der Waals surface area contributed by atoms with Gasteiger partial charge in [-0.2, -0.15) is 10.5 Å². The van der Waals surface area contributed by atoms with E-state index in [0.717, 1.165) is 22.2 Å². The van der Waals surface area contributed by atoms with Crippen LogP contribution < -0.4 is 5.56 Å². The molecule has 0 unspecified atom stereocenters. The molecule has 0 bridgehead atoms. The predicted octanol–water partition coefficient (Wildman–Crippen LogP) is 4.17. The highest BCUT2D eigenvalue weighted by Gasteiger charge is 2.13. The molecular weight excluding hydrogens is 356 g/mol. The largest absolute Gasteiger partial charge is 0.276 e. The molecule has 128 valence electrons. The zero-order chi connectivity index (χ0) is 19.0. The van der Waals surface area contributed by atoms with Crippen molar-refractivity contribution in [1.29, 1.82) is 10.5 Å². The third-order valence-electron chi connectivity index (χ3n) is 4.45. The lowest BCUT2D eigenvalue weighted by molar-refractivity contribution is 1.03. The van der Waals surface area contributed by atoms with E-state index in [4.69, 9.17) is 0 Å². The van der Waals surface area contributed by atoms with Gasteiger partial charge in [-0.15, -0.1) is 11.3 Å². The first-order valence-corrected chi connectivity index (χ1v) is 9.06. The molecule has 0 amide bonds. The van der Waals surface area contributed by atoms with Crippen molar-refractivity contribution in [3.05, 3.63) is 80.4 Å². The highest BCUT2D eigenvalue weighted by molar-refractivity contribution is 7.07. The van der Waals surface area contributed by atoms with Gasteiger partial charge in [0.05, 0.1) is 34.0 Å². The minimum Gasteiger partial charge on any atom is -0.276 e. The number of aromatic nitrogens is 2. The van der Waals surface area contributed by atoms with E-state index in [0.29, 0.717) is 16.8 Å². The van der Waals surface area contributed by atoms with E-state index < -0.39 is 5.56 Å². The lowest BCUT2D eigenvalue weighted by Crippen LogP contribution is -2.21. The molecule has 27 heavy (non-hydrogen) atoms. The van der Waals surface area contributed by atoms with Crippen molar-refractivity contribution >= 4 is 22.2 Å². The number of rotatable bonds is 2. The lowest BCUT2D eigenvalue weighted by atomic mass is 10.1. The van der Waals surface area contributed by atoms with Gasteiger partial charge in [0.15, 0.2) is 0 Å². The number of nitriles is 2. The molecule has 2 aromatic heterocycles. The number of aryl methyl sites for hydroxylation is 1. The van der Waals surface area contributed by atoms with Crippen molar-refractivity contribution in [2.75, 3.05) is 0 Å². The molecule has 4 aromatic rings. The van der Waals surface area contributed by atoms with Crippen LogP contribution in [0.1, 0.15) is 16.7 Å². The summed E-state index contributed by atoms with van der Waals surface area (Å²) in [5.74, 6) is 0. The molecule has 0 spiro atoms. The Morgan fingerprint density at radius 1 is 1.04 bits per heavy atom. The van der Waals surface area contributed by atoms with E-state index in [1.165, 1.54) is 15.9 Å². The van der Waals surface area contributed by atoms with Crippen LogP contribution >= 0.6 is 11.3 Å². The van der Waals surface area contributed by atoms with Crippen LogP contribution in [0, 0.1) is 29.6 Å². The van der Waals surface area contributed by atoms with Gasteiger partial charge in [0.25, 0.3) is 5.56 Å². The number of thiazole rings is 1. The summed E-state index contributed by atoms with van der Waals surface area (Å²) in [6.07, 6.45) is 0. The Morgan fingerprint density at radius 2 is 1.85 bits per heavy atom. The Morgan fingerprint density at radius 3 is 2.56 bits per heavy atom. The van der Waals surface area contributed by atoms with Crippen molar-refractivity contribution in [1.82, 2.24) is 9.55 Å². The molecule has 0 aliphatic heterocycles. The average molecular weight is 368 g/mol. The first-order valence-electron chi connectivity index (χ1n) is 8.12. The average Bonchev–Trinajstić information content (AvgIpc) is 3.22. The van der Waals surface area contributed by atoms with Gasteiger partial charge >= 0.3 is 0 Å². The molecule has 0 aliphatic rings. The lowest BCUT2D eigenvalue weighted by Gasteiger charge is -2.13. The van der Waals surface area contributed by atoms with Gasteiger partial charge in [0, 0.05) is 16.3 Å². The summed E-state index contributed by atoms with van der Waals surface area (Å²) >= 11 is 1.50. The fourth-order valence-electron chi connectivity index (χ4n) is 3.03. The van der Waals surface area contributed by atoms with Gasteiger partial charge in [-0.3, -0.25) is 9.36 Å². The summed E-state index contributed by atoms with van der Waals surface area (Å²) in [6.45, 7) is 1.84. The van der Waals surface area contributed by atoms with Gasteiger partial charge in [-0.25, -0.2) is 4.98 Å². The fraction of sp³-hybridized carbons (Fsp3) is 0.0476. The number of benzene rings is 2. The van der Waals surface area contributed by atoms with Gasteiger partial charge < -0.3 is 0 Å². The van der Waals surface area contributed by atoms with Gasteiger partial charge in [0.2, 0.25) is 0 Å². The SMILES string of the molecule is Cc1ccc(-n2c(=O)c(C#N)cc3ccc(-c4cscn4)cc32)cc1C#N. The van der Waals surface area contributed by atoms with Crippen LogP contribution in [0.15, 0.2) is 58.1 Å². The molecule has 0 N–H and O–H groups in total. The summed E-state index contributed by atoms with van der Waals surface area (Å²) in [4.78, 5) is 17.3. The number of hydrogen-bond donors (Lipinski definition) is 0. The van der Waals surface area contributed by atoms with Crippen molar-refractivity contribution in [3.63, 3.8) is 0 Å². The van der Waals surface area contributed by atoms with E-state index in [1.807, 2.05) is 36.6 Å². The molecule has 5 nitrogen and oxygen atoms in total. The Hall–Kier alpha value is -3.74. The number of hydrogen-bond acceptors (Lipinski definition) is 5. The second kappa shape index (κ2) is 6.53. The maximum atomic E-state index is 12.9. The van der Waals surface area contributed by atoms with Gasteiger partial charge in [-0.1, -0.05) is 18.2 Å². The molecule has 6 heteroatoms. The molecule has 0 aliphatic carbocycles. The van der Waals surface area contributed by atoms with Crippen molar-refractivity contribution < 1.29 is 0 Å². The zero-order valence-electron chi connectivity index (χ0n) is 14.3. The molecule has 0 atom stereocenters. The van der Waals surface area contributed by atoms with Crippen molar-refractivity contribution in [3.8, 4) is 29.1 Å². The van der Waals surface area contributed by atoms with Gasteiger partial charge in [-0.05, 0) is 36.8 Å². The Bertz CT molecular complexity index is 1320. The molecule has 0 saturated carbocycles. The topological polar surface area (TPSA) is 82.5 Å². The first kappa shape index (κ1) is 16.7. The predicted molar refractivity (Wildman–Crippen MR) is 105 cm³/mol. The highest BCUT2D eigenvalue weighted by Crippen LogP contribution is 2.26. The monoisotopic (exact) mass is 368 g/mol. The van der Waals surface area contributed by atoms with Crippen molar-refractivity contribution in [2.24, 2.45) is 0 Å². The van der Waals surface area contributed by atoms with Crippen LogP contribution in [-0.4, -0.2) is 9.55 Å². The van der Waals surface area contributed by atoms with E-state index in [9.17, 15) is 15.3 Å². The molecule has 0 radical (unpaired) electrons. The standard InChI is InChI=1S/C21H12N4OS/c1-13-2-5-18(7-16(13)9-22)25-20-8-14(19-11-27-12-24-19)3-4-15(20)6-17(10-23)21(25)26/h2-8,11-12H,1H3. The fourth-order valence-corrected chi connectivity index (χ4v) is 3.59.